The summed E-state index contributed by atoms with van der Waals surface area (Å²) in [7, 11) is -0.327. The Hall–Kier alpha value is -1.47. The molecule has 2 rings (SSSR count). The van der Waals surface area contributed by atoms with E-state index in [1.807, 2.05) is 13.8 Å². The number of carboxylic acid groups (broad SMARTS) is 1. The second-order valence-electron chi connectivity index (χ2n) is 5.85. The molecule has 0 saturated carbocycles. The monoisotopic (exact) mass is 303 g/mol. The Balaban J connectivity index is 2.62. The molecule has 3 nitrogen and oxygen atoms in total. The van der Waals surface area contributed by atoms with E-state index in [9.17, 15) is 9.90 Å². The van der Waals surface area contributed by atoms with Gasteiger partial charge in [-0.3, -0.25) is 4.99 Å². The van der Waals surface area contributed by atoms with Crippen molar-refractivity contribution in [3.05, 3.63) is 46.7 Å². The number of aliphatic carboxylic acids is 1. The summed E-state index contributed by atoms with van der Waals surface area (Å²) in [6, 6.07) is 8.22. The van der Waals surface area contributed by atoms with Crippen LogP contribution in [0.4, 0.5) is 0 Å². The van der Waals surface area contributed by atoms with Crippen molar-refractivity contribution in [1.82, 2.24) is 0 Å². The van der Waals surface area contributed by atoms with Crippen molar-refractivity contribution in [2.45, 2.75) is 32.3 Å². The first-order chi connectivity index (χ1) is 9.82. The van der Waals surface area contributed by atoms with Crippen LogP contribution in [0.15, 0.2) is 40.5 Å². The average Bonchev–Trinajstić information content (AvgIpc) is 2.37. The molecule has 4 heteroatoms. The topological polar surface area (TPSA) is 49.7 Å². The molecule has 1 aliphatic heterocycles. The number of carboxylic acids is 1. The Labute approximate surface area is 127 Å². The first kappa shape index (κ1) is 15.9. The van der Waals surface area contributed by atoms with Gasteiger partial charge in [0.15, 0.2) is 0 Å². The zero-order chi connectivity index (χ0) is 15.7. The summed E-state index contributed by atoms with van der Waals surface area (Å²) < 4.78 is 0. The van der Waals surface area contributed by atoms with Gasteiger partial charge in [0.1, 0.15) is 0 Å². The minimum Gasteiger partial charge on any atom is -0.478 e. The number of rotatable bonds is 3. The van der Waals surface area contributed by atoms with E-state index in [0.29, 0.717) is 11.3 Å². The molecule has 0 radical (unpaired) electrons. The molecule has 0 fully saturated rings. The molecule has 21 heavy (non-hydrogen) atoms. The van der Waals surface area contributed by atoms with Crippen LogP contribution in [-0.2, 0) is 4.79 Å². The zero-order valence-corrected chi connectivity index (χ0v) is 14.1. The van der Waals surface area contributed by atoms with Gasteiger partial charge in [0.05, 0.1) is 5.57 Å². The highest BCUT2D eigenvalue weighted by Crippen LogP contribution is 2.48. The maximum atomic E-state index is 11.8. The van der Waals surface area contributed by atoms with Gasteiger partial charge in [-0.05, 0) is 39.7 Å². The number of nitrogens with zero attached hydrogens (tertiary/aromatic N) is 1. The third-order valence-electron chi connectivity index (χ3n) is 4.01. The van der Waals surface area contributed by atoms with E-state index in [-0.39, 0.29) is 19.5 Å². The fourth-order valence-electron chi connectivity index (χ4n) is 3.10. The lowest BCUT2D eigenvalue weighted by atomic mass is 9.83. The van der Waals surface area contributed by atoms with E-state index < -0.39 is 5.97 Å². The fourth-order valence-corrected chi connectivity index (χ4v) is 4.82. The van der Waals surface area contributed by atoms with Gasteiger partial charge in [-0.2, -0.15) is 0 Å². The largest absolute Gasteiger partial charge is 0.478 e. The third-order valence-corrected chi connectivity index (χ3v) is 5.80. The van der Waals surface area contributed by atoms with Crippen LogP contribution in [0.1, 0.15) is 30.9 Å². The smallest absolute Gasteiger partial charge is 0.334 e. The van der Waals surface area contributed by atoms with Crippen molar-refractivity contribution >= 4 is 19.6 Å². The van der Waals surface area contributed by atoms with Gasteiger partial charge in [0.25, 0.3) is 0 Å². The van der Waals surface area contributed by atoms with Crippen molar-refractivity contribution in [3.8, 4) is 0 Å². The van der Waals surface area contributed by atoms with E-state index in [0.717, 1.165) is 11.3 Å². The van der Waals surface area contributed by atoms with Crippen LogP contribution in [0.5, 0.6) is 0 Å². The van der Waals surface area contributed by atoms with Gasteiger partial charge in [0, 0.05) is 23.0 Å². The van der Waals surface area contributed by atoms with Crippen molar-refractivity contribution in [2.24, 2.45) is 4.99 Å². The van der Waals surface area contributed by atoms with Crippen molar-refractivity contribution in [2.75, 3.05) is 13.3 Å². The number of hydrogen-bond donors (Lipinski definition) is 1. The van der Waals surface area contributed by atoms with Gasteiger partial charge < -0.3 is 5.11 Å². The normalized spacial score (nSPS) is 22.5. The van der Waals surface area contributed by atoms with Gasteiger partial charge in [0.2, 0.25) is 0 Å². The highest BCUT2D eigenvalue weighted by molar-refractivity contribution is 7.58. The molecule has 1 heterocycles. The Morgan fingerprint density at radius 3 is 2.19 bits per heavy atom. The number of benzene rings is 1. The number of aryl methyl sites for hydroxylation is 1. The predicted molar refractivity (Wildman–Crippen MR) is 89.9 cm³/mol. The lowest BCUT2D eigenvalue weighted by Gasteiger charge is -2.35. The molecule has 0 spiro atoms. The molecule has 1 N–H and O–H groups in total. The Morgan fingerprint density at radius 2 is 1.71 bits per heavy atom. The molecule has 1 aromatic rings. The maximum Gasteiger partial charge on any atom is 0.334 e. The molecule has 0 aliphatic carbocycles. The van der Waals surface area contributed by atoms with Gasteiger partial charge in [-0.1, -0.05) is 29.8 Å². The Morgan fingerprint density at radius 1 is 1.14 bits per heavy atom. The maximum absolute atomic E-state index is 11.8. The lowest BCUT2D eigenvalue weighted by molar-refractivity contribution is -0.133. The lowest BCUT2D eigenvalue weighted by Crippen LogP contribution is -2.32. The zero-order valence-electron chi connectivity index (χ0n) is 13.2. The third kappa shape index (κ3) is 3.08. The van der Waals surface area contributed by atoms with Crippen molar-refractivity contribution < 1.29 is 9.90 Å². The van der Waals surface area contributed by atoms with E-state index in [4.69, 9.17) is 0 Å². The summed E-state index contributed by atoms with van der Waals surface area (Å²) in [5.41, 5.74) is 4.60. The van der Waals surface area contributed by atoms with Crippen LogP contribution in [0.3, 0.4) is 0 Å². The van der Waals surface area contributed by atoms with E-state index in [1.165, 1.54) is 5.56 Å². The molecule has 1 aliphatic rings. The summed E-state index contributed by atoms with van der Waals surface area (Å²) in [4.78, 5) is 16.3. The summed E-state index contributed by atoms with van der Waals surface area (Å²) in [6.07, 6.45) is 0. The average molecular weight is 303 g/mol. The summed E-state index contributed by atoms with van der Waals surface area (Å²) in [5.74, 6) is -0.946. The molecule has 2 unspecified atom stereocenters. The van der Waals surface area contributed by atoms with Crippen LogP contribution >= 0.6 is 7.92 Å². The summed E-state index contributed by atoms with van der Waals surface area (Å²) in [6.45, 7) is 10.3. The Bertz CT molecular complexity index is 614. The van der Waals surface area contributed by atoms with Crippen molar-refractivity contribution in [1.29, 1.82) is 0 Å². The molecular weight excluding hydrogens is 281 g/mol. The van der Waals surface area contributed by atoms with E-state index in [2.05, 4.69) is 42.6 Å². The number of allylic oxidation sites excluding steroid dienone is 1. The minimum absolute atomic E-state index is 0.0956. The highest BCUT2D eigenvalue weighted by atomic mass is 31.1. The molecule has 1 aromatic carbocycles. The standard InChI is InChI=1S/C17H22NO2P/c1-10-6-8-13(9-7-10)15-14(17(19)20)11(2)18-12(3)16(15)21(4)5/h6-9,15-16H,1-5H3,(H,19,20). The SMILES string of the molecule is CC1=NC(C)=C(C(=O)O)C(c2ccc(C)cc2)C1P(C)C. The van der Waals surface area contributed by atoms with Gasteiger partial charge in [-0.15, -0.1) is 7.92 Å². The van der Waals surface area contributed by atoms with Gasteiger partial charge >= 0.3 is 5.97 Å². The summed E-state index contributed by atoms with van der Waals surface area (Å²) in [5, 5.41) is 9.66. The van der Waals surface area contributed by atoms with Crippen LogP contribution in [-0.4, -0.2) is 35.8 Å². The van der Waals surface area contributed by atoms with Crippen LogP contribution in [0.25, 0.3) is 0 Å². The second kappa shape index (κ2) is 6.11. The van der Waals surface area contributed by atoms with Crippen LogP contribution < -0.4 is 0 Å². The number of carbonyl (C=O) groups is 1. The fraction of sp³-hybridized carbons (Fsp3) is 0.412. The minimum atomic E-state index is -0.851. The van der Waals surface area contributed by atoms with Crippen LogP contribution in [0.2, 0.25) is 0 Å². The predicted octanol–water partition coefficient (Wildman–Crippen LogP) is 4.02. The highest BCUT2D eigenvalue weighted by Gasteiger charge is 2.38. The number of aliphatic imine (C=N–C) groups is 1. The van der Waals surface area contributed by atoms with E-state index in [1.54, 1.807) is 6.92 Å². The van der Waals surface area contributed by atoms with E-state index >= 15 is 0 Å². The molecule has 0 aromatic heterocycles. The van der Waals surface area contributed by atoms with Gasteiger partial charge in [-0.25, -0.2) is 4.79 Å². The molecule has 0 saturated heterocycles. The molecular formula is C17H22NO2P. The molecule has 0 amide bonds. The Kier molecular flexibility index (Phi) is 4.63. The van der Waals surface area contributed by atoms with Crippen LogP contribution in [0, 0.1) is 6.92 Å². The molecule has 0 bridgehead atoms. The first-order valence-electron chi connectivity index (χ1n) is 7.05. The molecule has 2 atom stereocenters. The number of hydrogen-bond acceptors (Lipinski definition) is 2. The quantitative estimate of drug-likeness (QED) is 0.857. The second-order valence-corrected chi connectivity index (χ2v) is 8.34. The summed E-state index contributed by atoms with van der Waals surface area (Å²) >= 11 is 0. The first-order valence-corrected chi connectivity index (χ1v) is 9.35. The van der Waals surface area contributed by atoms with Crippen molar-refractivity contribution in [3.63, 3.8) is 0 Å². The molecule has 112 valence electrons.